The fourth-order valence-corrected chi connectivity index (χ4v) is 2.17. The molecule has 18 heavy (non-hydrogen) atoms. The van der Waals surface area contributed by atoms with E-state index in [2.05, 4.69) is 11.0 Å². The van der Waals surface area contributed by atoms with Crippen LogP contribution in [0, 0.1) is 23.0 Å². The Balaban J connectivity index is 2.04. The average molecular weight is 251 g/mol. The number of nitriles is 1. The predicted molar refractivity (Wildman–Crippen MR) is 65.2 cm³/mol. The van der Waals surface area contributed by atoms with Crippen molar-refractivity contribution in [2.45, 2.75) is 13.0 Å². The number of anilines is 1. The Bertz CT molecular complexity index is 462. The first kappa shape index (κ1) is 12.8. The van der Waals surface area contributed by atoms with Crippen LogP contribution in [0.4, 0.5) is 14.5 Å². The van der Waals surface area contributed by atoms with Gasteiger partial charge in [-0.25, -0.2) is 8.78 Å². The first-order chi connectivity index (χ1) is 8.61. The zero-order valence-corrected chi connectivity index (χ0v) is 10.2. The van der Waals surface area contributed by atoms with Crippen LogP contribution in [0.5, 0.6) is 0 Å². The highest BCUT2D eigenvalue weighted by atomic mass is 19.1. The third-order valence-corrected chi connectivity index (χ3v) is 3.30. The predicted octanol–water partition coefficient (Wildman–Crippen LogP) is 2.00. The summed E-state index contributed by atoms with van der Waals surface area (Å²) in [6.07, 6.45) is 0. The van der Waals surface area contributed by atoms with Gasteiger partial charge in [0.2, 0.25) is 0 Å². The maximum atomic E-state index is 13.6. The first-order valence-electron chi connectivity index (χ1n) is 5.95. The number of halogens is 2. The van der Waals surface area contributed by atoms with Crippen LogP contribution in [0.2, 0.25) is 0 Å². The van der Waals surface area contributed by atoms with Gasteiger partial charge in [0.15, 0.2) is 0 Å². The molecule has 96 valence electrons. The summed E-state index contributed by atoms with van der Waals surface area (Å²) in [5.74, 6) is -1.09. The molecule has 1 aliphatic heterocycles. The molecule has 1 unspecified atom stereocenters. The molecule has 5 heteroatoms. The van der Waals surface area contributed by atoms with Crippen LogP contribution in [0.25, 0.3) is 0 Å². The molecule has 0 aromatic heterocycles. The Labute approximate surface area is 105 Å². The topological polar surface area (TPSA) is 30.3 Å². The molecule has 0 bridgehead atoms. The summed E-state index contributed by atoms with van der Waals surface area (Å²) in [5.41, 5.74) is 0.431. The third kappa shape index (κ3) is 2.59. The highest BCUT2D eigenvalue weighted by Crippen LogP contribution is 2.21. The van der Waals surface area contributed by atoms with E-state index in [9.17, 15) is 8.78 Å². The van der Waals surface area contributed by atoms with Gasteiger partial charge in [-0.2, -0.15) is 5.26 Å². The van der Waals surface area contributed by atoms with Crippen molar-refractivity contribution in [3.63, 3.8) is 0 Å². The maximum Gasteiger partial charge on any atom is 0.149 e. The van der Waals surface area contributed by atoms with E-state index < -0.39 is 11.6 Å². The summed E-state index contributed by atoms with van der Waals surface area (Å²) in [6.45, 7) is 4.58. The lowest BCUT2D eigenvalue weighted by Crippen LogP contribution is -2.49. The molecular formula is C13H15F2N3. The van der Waals surface area contributed by atoms with Crippen molar-refractivity contribution in [3.8, 4) is 6.07 Å². The lowest BCUT2D eigenvalue weighted by Gasteiger charge is -2.37. The Hall–Kier alpha value is -1.67. The number of nitrogens with zero attached hydrogens (tertiary/aromatic N) is 3. The molecule has 0 saturated carbocycles. The van der Waals surface area contributed by atoms with E-state index in [-0.39, 0.29) is 6.04 Å². The zero-order chi connectivity index (χ0) is 13.1. The second kappa shape index (κ2) is 5.32. The van der Waals surface area contributed by atoms with Gasteiger partial charge in [0.1, 0.15) is 11.6 Å². The van der Waals surface area contributed by atoms with Gasteiger partial charge >= 0.3 is 0 Å². The van der Waals surface area contributed by atoms with Crippen LogP contribution in [0.15, 0.2) is 18.2 Å². The second-order valence-corrected chi connectivity index (χ2v) is 4.42. The second-order valence-electron chi connectivity index (χ2n) is 4.42. The largest absolute Gasteiger partial charge is 0.367 e. The van der Waals surface area contributed by atoms with Gasteiger partial charge in [0.25, 0.3) is 0 Å². The lowest BCUT2D eigenvalue weighted by atomic mass is 10.2. The van der Waals surface area contributed by atoms with Crippen LogP contribution in [-0.2, 0) is 0 Å². The molecule has 0 spiro atoms. The van der Waals surface area contributed by atoms with Gasteiger partial charge in [-0.15, -0.1) is 0 Å². The zero-order valence-electron chi connectivity index (χ0n) is 10.2. The van der Waals surface area contributed by atoms with E-state index in [0.717, 1.165) is 6.07 Å². The fourth-order valence-electron chi connectivity index (χ4n) is 2.17. The molecule has 1 aliphatic rings. The van der Waals surface area contributed by atoms with Crippen LogP contribution in [0.1, 0.15) is 6.92 Å². The van der Waals surface area contributed by atoms with Gasteiger partial charge < -0.3 is 4.90 Å². The highest BCUT2D eigenvalue weighted by molar-refractivity contribution is 5.48. The van der Waals surface area contributed by atoms with Crippen LogP contribution in [0.3, 0.4) is 0 Å². The van der Waals surface area contributed by atoms with E-state index in [1.165, 1.54) is 12.1 Å². The molecule has 0 amide bonds. The number of benzene rings is 1. The van der Waals surface area contributed by atoms with Gasteiger partial charge in [-0.1, -0.05) is 0 Å². The van der Waals surface area contributed by atoms with Gasteiger partial charge in [0.05, 0.1) is 17.8 Å². The molecule has 3 nitrogen and oxygen atoms in total. The normalized spacial score (nSPS) is 18.4. The molecule has 1 saturated heterocycles. The molecular weight excluding hydrogens is 236 g/mol. The quantitative estimate of drug-likeness (QED) is 0.805. The maximum absolute atomic E-state index is 13.6. The summed E-state index contributed by atoms with van der Waals surface area (Å²) in [7, 11) is 0. The van der Waals surface area contributed by atoms with E-state index in [1.54, 1.807) is 0 Å². The molecule has 1 fully saturated rings. The number of hydrogen-bond acceptors (Lipinski definition) is 3. The molecule has 0 radical (unpaired) electrons. The molecule has 1 aromatic rings. The van der Waals surface area contributed by atoms with Crippen molar-refractivity contribution in [1.82, 2.24) is 4.90 Å². The van der Waals surface area contributed by atoms with Crippen LogP contribution in [-0.4, -0.2) is 37.1 Å². The SMILES string of the molecule is CC(C#N)N1CCN(c2ccc(F)cc2F)CC1. The molecule has 1 aromatic carbocycles. The lowest BCUT2D eigenvalue weighted by molar-refractivity contribution is 0.231. The fraction of sp³-hybridized carbons (Fsp3) is 0.462. The molecule has 1 atom stereocenters. The number of piperazine rings is 1. The highest BCUT2D eigenvalue weighted by Gasteiger charge is 2.22. The summed E-state index contributed by atoms with van der Waals surface area (Å²) in [4.78, 5) is 3.94. The minimum absolute atomic E-state index is 0.120. The van der Waals surface area contributed by atoms with E-state index >= 15 is 0 Å². The van der Waals surface area contributed by atoms with E-state index in [1.807, 2.05) is 11.8 Å². The number of rotatable bonds is 2. The van der Waals surface area contributed by atoms with E-state index in [0.29, 0.717) is 31.9 Å². The Morgan fingerprint density at radius 2 is 1.89 bits per heavy atom. The van der Waals surface area contributed by atoms with Crippen molar-refractivity contribution in [1.29, 1.82) is 5.26 Å². The molecule has 1 heterocycles. The van der Waals surface area contributed by atoms with Crippen molar-refractivity contribution >= 4 is 5.69 Å². The standard InChI is InChI=1S/C13H15F2N3/c1-10(9-16)17-4-6-18(7-5-17)13-3-2-11(14)8-12(13)15/h2-3,8,10H,4-7H2,1H3. The monoisotopic (exact) mass is 251 g/mol. The van der Waals surface area contributed by atoms with Crippen LogP contribution >= 0.6 is 0 Å². The van der Waals surface area contributed by atoms with E-state index in [4.69, 9.17) is 5.26 Å². The molecule has 0 aliphatic carbocycles. The molecule has 2 rings (SSSR count). The Kier molecular flexibility index (Phi) is 3.78. The summed E-state index contributed by atoms with van der Waals surface area (Å²) in [6, 6.07) is 5.71. The third-order valence-electron chi connectivity index (χ3n) is 3.30. The van der Waals surface area contributed by atoms with Crippen molar-refractivity contribution in [3.05, 3.63) is 29.8 Å². The van der Waals surface area contributed by atoms with Gasteiger partial charge in [-0.05, 0) is 19.1 Å². The Morgan fingerprint density at radius 1 is 1.22 bits per heavy atom. The van der Waals surface area contributed by atoms with Gasteiger partial charge in [0, 0.05) is 32.2 Å². The number of hydrogen-bond donors (Lipinski definition) is 0. The van der Waals surface area contributed by atoms with Gasteiger partial charge in [-0.3, -0.25) is 4.90 Å². The van der Waals surface area contributed by atoms with Crippen molar-refractivity contribution in [2.75, 3.05) is 31.1 Å². The van der Waals surface area contributed by atoms with Crippen LogP contribution < -0.4 is 4.90 Å². The van der Waals surface area contributed by atoms with Crippen molar-refractivity contribution < 1.29 is 8.78 Å². The minimum Gasteiger partial charge on any atom is -0.367 e. The summed E-state index contributed by atoms with van der Waals surface area (Å²) in [5, 5.41) is 8.84. The van der Waals surface area contributed by atoms with Crippen molar-refractivity contribution in [2.24, 2.45) is 0 Å². The first-order valence-corrected chi connectivity index (χ1v) is 5.95. The Morgan fingerprint density at radius 3 is 2.44 bits per heavy atom. The smallest absolute Gasteiger partial charge is 0.149 e. The molecule has 0 N–H and O–H groups in total. The minimum atomic E-state index is -0.562. The average Bonchev–Trinajstić information content (AvgIpc) is 2.38. The summed E-state index contributed by atoms with van der Waals surface area (Å²) < 4.78 is 26.4. The summed E-state index contributed by atoms with van der Waals surface area (Å²) >= 11 is 0.